The van der Waals surface area contributed by atoms with Crippen molar-refractivity contribution in [2.24, 2.45) is 0 Å². The number of nitrogens with one attached hydrogen (secondary N) is 1. The summed E-state index contributed by atoms with van der Waals surface area (Å²) >= 11 is 0. The summed E-state index contributed by atoms with van der Waals surface area (Å²) < 4.78 is 5.47. The molecule has 0 aromatic heterocycles. The van der Waals surface area contributed by atoms with Gasteiger partial charge in [0, 0.05) is 6.54 Å². The average molecular weight is 231 g/mol. The van der Waals surface area contributed by atoms with Gasteiger partial charge >= 0.3 is 0 Å². The largest absolute Gasteiger partial charge is 0.379 e. The molecule has 0 bridgehead atoms. The van der Waals surface area contributed by atoms with E-state index >= 15 is 0 Å². The minimum atomic E-state index is 0.244. The Balaban J connectivity index is 1.86. The molecule has 92 valence electrons. The second kappa shape index (κ2) is 4.43. The van der Waals surface area contributed by atoms with Crippen LogP contribution >= 0.6 is 0 Å². The van der Waals surface area contributed by atoms with Gasteiger partial charge in [0.1, 0.15) is 0 Å². The van der Waals surface area contributed by atoms with Crippen LogP contribution in [-0.2, 0) is 23.0 Å². The van der Waals surface area contributed by atoms with Crippen molar-refractivity contribution in [3.8, 4) is 0 Å². The van der Waals surface area contributed by atoms with Gasteiger partial charge in [-0.15, -0.1) is 0 Å². The molecule has 0 unspecified atom stereocenters. The molecule has 0 atom stereocenters. The summed E-state index contributed by atoms with van der Waals surface area (Å²) in [5.74, 6) is 0. The number of hydrogen-bond acceptors (Lipinski definition) is 2. The summed E-state index contributed by atoms with van der Waals surface area (Å²) in [7, 11) is 0. The number of benzene rings is 1. The third-order valence-corrected chi connectivity index (χ3v) is 4.18. The van der Waals surface area contributed by atoms with Gasteiger partial charge in [-0.2, -0.15) is 0 Å². The Morgan fingerprint density at radius 2 is 2.06 bits per heavy atom. The van der Waals surface area contributed by atoms with Crippen LogP contribution in [0.25, 0.3) is 0 Å². The second-order valence-corrected chi connectivity index (χ2v) is 5.39. The predicted octanol–water partition coefficient (Wildman–Crippen LogP) is 2.05. The molecule has 1 aromatic carbocycles. The first-order chi connectivity index (χ1) is 8.34. The summed E-state index contributed by atoms with van der Waals surface area (Å²) in [4.78, 5) is 0. The summed E-state index contributed by atoms with van der Waals surface area (Å²) in [6, 6.07) is 7.09. The monoisotopic (exact) mass is 231 g/mol. The number of likely N-dealkylation sites (N-methyl/N-ethyl adjacent to an activating group) is 1. The molecule has 1 aliphatic heterocycles. The van der Waals surface area contributed by atoms with Crippen LogP contribution < -0.4 is 5.32 Å². The van der Waals surface area contributed by atoms with E-state index in [-0.39, 0.29) is 5.41 Å². The standard InChI is InChI=1S/C15H21NO/c1-2-16-9-15(10-17-11-15)14-7-6-12-4-3-5-13(12)8-14/h6-8,16H,2-5,9-11H2,1H3. The molecular formula is C15H21NO. The molecule has 1 N–H and O–H groups in total. The van der Waals surface area contributed by atoms with E-state index in [0.29, 0.717) is 0 Å². The third kappa shape index (κ3) is 1.90. The van der Waals surface area contributed by atoms with Gasteiger partial charge in [-0.25, -0.2) is 0 Å². The van der Waals surface area contributed by atoms with E-state index in [4.69, 9.17) is 4.74 Å². The van der Waals surface area contributed by atoms with Crippen molar-refractivity contribution in [1.29, 1.82) is 0 Å². The Hall–Kier alpha value is -0.860. The second-order valence-electron chi connectivity index (χ2n) is 5.39. The fourth-order valence-electron chi connectivity index (χ4n) is 2.99. The zero-order valence-electron chi connectivity index (χ0n) is 10.6. The first kappa shape index (κ1) is 11.2. The summed E-state index contributed by atoms with van der Waals surface area (Å²) in [6.45, 7) is 5.99. The molecule has 1 aliphatic carbocycles. The van der Waals surface area contributed by atoms with E-state index in [2.05, 4.69) is 30.4 Å². The van der Waals surface area contributed by atoms with Gasteiger partial charge < -0.3 is 10.1 Å². The van der Waals surface area contributed by atoms with E-state index in [1.54, 1.807) is 11.1 Å². The number of rotatable bonds is 4. The first-order valence-electron chi connectivity index (χ1n) is 6.75. The van der Waals surface area contributed by atoms with Gasteiger partial charge in [-0.3, -0.25) is 0 Å². The van der Waals surface area contributed by atoms with Gasteiger partial charge in [0.25, 0.3) is 0 Å². The molecule has 2 heteroatoms. The zero-order chi connectivity index (χ0) is 11.7. The lowest BCUT2D eigenvalue weighted by molar-refractivity contribution is -0.0588. The van der Waals surface area contributed by atoms with E-state index in [1.807, 2.05) is 0 Å². The molecule has 0 spiro atoms. The summed E-state index contributed by atoms with van der Waals surface area (Å²) in [5, 5.41) is 3.48. The minimum Gasteiger partial charge on any atom is -0.379 e. The lowest BCUT2D eigenvalue weighted by Gasteiger charge is -2.42. The van der Waals surface area contributed by atoms with Crippen molar-refractivity contribution in [1.82, 2.24) is 5.32 Å². The molecule has 0 saturated carbocycles. The maximum Gasteiger partial charge on any atom is 0.0598 e. The normalized spacial score (nSPS) is 21.0. The fraction of sp³-hybridized carbons (Fsp3) is 0.600. The molecule has 17 heavy (non-hydrogen) atoms. The fourth-order valence-corrected chi connectivity index (χ4v) is 2.99. The number of fused-ring (bicyclic) bond motifs is 1. The van der Waals surface area contributed by atoms with E-state index < -0.39 is 0 Å². The van der Waals surface area contributed by atoms with Crippen LogP contribution in [0.5, 0.6) is 0 Å². The van der Waals surface area contributed by atoms with Crippen molar-refractivity contribution in [2.45, 2.75) is 31.6 Å². The van der Waals surface area contributed by atoms with Crippen LogP contribution in [-0.4, -0.2) is 26.3 Å². The lowest BCUT2D eigenvalue weighted by Crippen LogP contribution is -2.53. The highest BCUT2D eigenvalue weighted by Gasteiger charge is 2.40. The van der Waals surface area contributed by atoms with Crippen LogP contribution in [0.15, 0.2) is 18.2 Å². The molecule has 1 fully saturated rings. The molecule has 2 aliphatic rings. The maximum absolute atomic E-state index is 5.47. The topological polar surface area (TPSA) is 21.3 Å². The van der Waals surface area contributed by atoms with E-state index in [9.17, 15) is 0 Å². The van der Waals surface area contributed by atoms with Crippen LogP contribution in [0.1, 0.15) is 30.0 Å². The van der Waals surface area contributed by atoms with Crippen molar-refractivity contribution < 1.29 is 4.74 Å². The number of hydrogen-bond donors (Lipinski definition) is 1. The molecule has 1 aromatic rings. The smallest absolute Gasteiger partial charge is 0.0598 e. The molecule has 2 nitrogen and oxygen atoms in total. The Morgan fingerprint density at radius 3 is 2.76 bits per heavy atom. The molecule has 1 heterocycles. The van der Waals surface area contributed by atoms with Crippen molar-refractivity contribution in [2.75, 3.05) is 26.3 Å². The van der Waals surface area contributed by atoms with Crippen molar-refractivity contribution in [3.05, 3.63) is 34.9 Å². The Labute approximate surface area is 103 Å². The maximum atomic E-state index is 5.47. The van der Waals surface area contributed by atoms with E-state index in [1.165, 1.54) is 24.8 Å². The number of ether oxygens (including phenoxy) is 1. The molecule has 0 radical (unpaired) electrons. The van der Waals surface area contributed by atoms with Crippen molar-refractivity contribution >= 4 is 0 Å². The van der Waals surface area contributed by atoms with E-state index in [0.717, 1.165) is 26.3 Å². The van der Waals surface area contributed by atoms with Gasteiger partial charge in [-0.05, 0) is 42.5 Å². The molecular weight excluding hydrogens is 210 g/mol. The third-order valence-electron chi connectivity index (χ3n) is 4.18. The summed E-state index contributed by atoms with van der Waals surface area (Å²) in [6.07, 6.45) is 3.86. The Bertz CT molecular complexity index is 409. The molecule has 1 saturated heterocycles. The molecule has 3 rings (SSSR count). The number of aryl methyl sites for hydroxylation is 2. The van der Waals surface area contributed by atoms with Crippen LogP contribution in [0, 0.1) is 0 Å². The minimum absolute atomic E-state index is 0.244. The average Bonchev–Trinajstić information content (AvgIpc) is 2.75. The SMILES string of the molecule is CCNCC1(c2ccc3c(c2)CCC3)COC1. The summed E-state index contributed by atoms with van der Waals surface area (Å²) in [5.41, 5.74) is 4.86. The first-order valence-corrected chi connectivity index (χ1v) is 6.75. The Kier molecular flexibility index (Phi) is 2.93. The van der Waals surface area contributed by atoms with Gasteiger partial charge in [0.15, 0.2) is 0 Å². The lowest BCUT2D eigenvalue weighted by atomic mass is 9.77. The van der Waals surface area contributed by atoms with Crippen LogP contribution in [0.3, 0.4) is 0 Å². The van der Waals surface area contributed by atoms with Gasteiger partial charge in [-0.1, -0.05) is 25.1 Å². The highest BCUT2D eigenvalue weighted by Crippen LogP contribution is 2.34. The van der Waals surface area contributed by atoms with Crippen molar-refractivity contribution in [3.63, 3.8) is 0 Å². The zero-order valence-corrected chi connectivity index (χ0v) is 10.6. The molecule has 0 amide bonds. The Morgan fingerprint density at radius 1 is 1.24 bits per heavy atom. The van der Waals surface area contributed by atoms with Crippen LogP contribution in [0.2, 0.25) is 0 Å². The quantitative estimate of drug-likeness (QED) is 0.856. The predicted molar refractivity (Wildman–Crippen MR) is 69.5 cm³/mol. The van der Waals surface area contributed by atoms with Gasteiger partial charge in [0.2, 0.25) is 0 Å². The van der Waals surface area contributed by atoms with Gasteiger partial charge in [0.05, 0.1) is 18.6 Å². The highest BCUT2D eigenvalue weighted by molar-refractivity contribution is 5.40. The van der Waals surface area contributed by atoms with Crippen LogP contribution in [0.4, 0.5) is 0 Å². The highest BCUT2D eigenvalue weighted by atomic mass is 16.5.